The molecule has 1 aromatic carbocycles. The van der Waals surface area contributed by atoms with Crippen LogP contribution >= 0.6 is 0 Å². The van der Waals surface area contributed by atoms with Crippen LogP contribution in [0.25, 0.3) is 11.0 Å². The third-order valence-corrected chi connectivity index (χ3v) is 5.90. The standard InChI is InChI=1S/C23H22FN5O4/c1-25-22(31)17-20(30)18-19-21(14(9-27-18)8-13-2-4-15(24)5-3-13)33-16(11-29(19)23(17)32)10-28-7-6-26-12-28/h2-5,9,12,16,30H,6-8,10-11H2,1H3,(H,25,31)/t16-/m0/s1. The molecular formula is C23H22FN5O4. The zero-order chi connectivity index (χ0) is 23.1. The first-order valence-electron chi connectivity index (χ1n) is 10.6. The van der Waals surface area contributed by atoms with E-state index in [4.69, 9.17) is 4.74 Å². The van der Waals surface area contributed by atoms with Crippen molar-refractivity contribution in [1.82, 2.24) is 19.8 Å². The Morgan fingerprint density at radius 3 is 2.82 bits per heavy atom. The van der Waals surface area contributed by atoms with Gasteiger partial charge in [-0.05, 0) is 17.7 Å². The van der Waals surface area contributed by atoms with Gasteiger partial charge in [-0.15, -0.1) is 0 Å². The van der Waals surface area contributed by atoms with Gasteiger partial charge in [0.15, 0.2) is 11.5 Å². The summed E-state index contributed by atoms with van der Waals surface area (Å²) in [6.45, 7) is 2.16. The lowest BCUT2D eigenvalue weighted by atomic mass is 10.0. The molecule has 0 bridgehead atoms. The van der Waals surface area contributed by atoms with Crippen LogP contribution in [0.2, 0.25) is 0 Å². The highest BCUT2D eigenvalue weighted by Crippen LogP contribution is 2.37. The van der Waals surface area contributed by atoms with Crippen LogP contribution in [0.15, 0.2) is 40.2 Å². The Hall–Kier alpha value is -3.95. The molecule has 2 aliphatic heterocycles. The number of hydrogen-bond acceptors (Lipinski definition) is 7. The average Bonchev–Trinajstić information content (AvgIpc) is 3.32. The van der Waals surface area contributed by atoms with Crippen molar-refractivity contribution in [3.63, 3.8) is 0 Å². The molecule has 10 heteroatoms. The van der Waals surface area contributed by atoms with Crippen molar-refractivity contribution in [3.8, 4) is 11.5 Å². The van der Waals surface area contributed by atoms with Crippen molar-refractivity contribution >= 4 is 23.3 Å². The normalized spacial score (nSPS) is 16.8. The second-order valence-corrected chi connectivity index (χ2v) is 8.09. The Labute approximate surface area is 188 Å². The lowest BCUT2D eigenvalue weighted by Gasteiger charge is -2.31. The van der Waals surface area contributed by atoms with Crippen LogP contribution in [-0.4, -0.2) is 64.6 Å². The quantitative estimate of drug-likeness (QED) is 0.605. The van der Waals surface area contributed by atoms with Gasteiger partial charge < -0.3 is 20.1 Å². The summed E-state index contributed by atoms with van der Waals surface area (Å²) in [6, 6.07) is 6.10. The van der Waals surface area contributed by atoms with Crippen LogP contribution in [0, 0.1) is 5.82 Å². The summed E-state index contributed by atoms with van der Waals surface area (Å²) < 4.78 is 21.2. The first-order valence-corrected chi connectivity index (χ1v) is 10.6. The summed E-state index contributed by atoms with van der Waals surface area (Å²) in [6.07, 6.45) is 3.32. The monoisotopic (exact) mass is 451 g/mol. The van der Waals surface area contributed by atoms with E-state index in [0.29, 0.717) is 36.3 Å². The molecule has 2 aliphatic rings. The number of nitrogens with one attached hydrogen (secondary N) is 1. The lowest BCUT2D eigenvalue weighted by Crippen LogP contribution is -2.43. The molecule has 0 fully saturated rings. The minimum absolute atomic E-state index is 0.118. The Morgan fingerprint density at radius 2 is 2.12 bits per heavy atom. The largest absolute Gasteiger partial charge is 0.505 e. The van der Waals surface area contributed by atoms with Crippen molar-refractivity contribution in [3.05, 3.63) is 63.3 Å². The maximum absolute atomic E-state index is 13.4. The van der Waals surface area contributed by atoms with Gasteiger partial charge in [0.25, 0.3) is 11.5 Å². The topological polar surface area (TPSA) is 109 Å². The predicted molar refractivity (Wildman–Crippen MR) is 120 cm³/mol. The number of amides is 1. The number of halogens is 1. The molecule has 0 radical (unpaired) electrons. The van der Waals surface area contributed by atoms with Crippen LogP contribution in [0.1, 0.15) is 21.5 Å². The van der Waals surface area contributed by atoms with E-state index in [1.54, 1.807) is 24.7 Å². The molecule has 3 aromatic rings. The van der Waals surface area contributed by atoms with E-state index in [1.165, 1.54) is 23.7 Å². The van der Waals surface area contributed by atoms with Crippen molar-refractivity contribution < 1.29 is 19.0 Å². The van der Waals surface area contributed by atoms with E-state index in [1.807, 2.05) is 4.90 Å². The molecule has 0 spiro atoms. The highest BCUT2D eigenvalue weighted by Gasteiger charge is 2.32. The summed E-state index contributed by atoms with van der Waals surface area (Å²) in [7, 11) is 1.39. The van der Waals surface area contributed by atoms with Gasteiger partial charge in [-0.1, -0.05) is 12.1 Å². The van der Waals surface area contributed by atoms with Crippen molar-refractivity contribution in [2.24, 2.45) is 4.99 Å². The highest BCUT2D eigenvalue weighted by molar-refractivity contribution is 6.02. The maximum Gasteiger partial charge on any atom is 0.268 e. The Bertz CT molecular complexity index is 1340. The van der Waals surface area contributed by atoms with Gasteiger partial charge in [0.2, 0.25) is 0 Å². The van der Waals surface area contributed by atoms with Gasteiger partial charge in [0.05, 0.1) is 26.0 Å². The average molecular weight is 451 g/mol. The van der Waals surface area contributed by atoms with Gasteiger partial charge in [-0.25, -0.2) is 4.39 Å². The van der Waals surface area contributed by atoms with E-state index >= 15 is 0 Å². The summed E-state index contributed by atoms with van der Waals surface area (Å²) >= 11 is 0. The van der Waals surface area contributed by atoms with Crippen LogP contribution in [0.3, 0.4) is 0 Å². The van der Waals surface area contributed by atoms with Crippen LogP contribution in [0.4, 0.5) is 4.39 Å². The Balaban J connectivity index is 1.66. The Morgan fingerprint density at radius 1 is 1.33 bits per heavy atom. The summed E-state index contributed by atoms with van der Waals surface area (Å²) in [5.74, 6) is -1.07. The van der Waals surface area contributed by atoms with Crippen LogP contribution in [-0.2, 0) is 13.0 Å². The van der Waals surface area contributed by atoms with Crippen molar-refractivity contribution in [1.29, 1.82) is 0 Å². The number of aliphatic imine (C=N–C) groups is 1. The van der Waals surface area contributed by atoms with Crippen LogP contribution < -0.4 is 15.6 Å². The minimum Gasteiger partial charge on any atom is -0.505 e. The first kappa shape index (κ1) is 20.9. The molecule has 4 heterocycles. The molecule has 0 saturated carbocycles. The molecular weight excluding hydrogens is 429 g/mol. The third kappa shape index (κ3) is 3.67. The van der Waals surface area contributed by atoms with Crippen molar-refractivity contribution in [2.75, 3.05) is 26.7 Å². The molecule has 0 unspecified atom stereocenters. The van der Waals surface area contributed by atoms with E-state index in [2.05, 4.69) is 15.3 Å². The van der Waals surface area contributed by atoms with E-state index in [9.17, 15) is 19.1 Å². The van der Waals surface area contributed by atoms with E-state index < -0.39 is 17.2 Å². The van der Waals surface area contributed by atoms with Crippen LogP contribution in [0.5, 0.6) is 11.5 Å². The number of nitrogens with zero attached hydrogens (tertiary/aromatic N) is 4. The summed E-state index contributed by atoms with van der Waals surface area (Å²) in [5.41, 5.74) is 1.03. The molecule has 5 rings (SSSR count). The van der Waals surface area contributed by atoms with Crippen molar-refractivity contribution in [2.45, 2.75) is 19.1 Å². The molecule has 0 aliphatic carbocycles. The summed E-state index contributed by atoms with van der Waals surface area (Å²) in [5, 5.41) is 13.2. The number of carbonyl (C=O) groups excluding carboxylic acids is 1. The first-order chi connectivity index (χ1) is 16.0. The minimum atomic E-state index is -0.684. The van der Waals surface area contributed by atoms with Gasteiger partial charge in [0, 0.05) is 31.8 Å². The molecule has 1 atom stereocenters. The number of benzene rings is 1. The number of aromatic nitrogens is 2. The second-order valence-electron chi connectivity index (χ2n) is 8.09. The molecule has 33 heavy (non-hydrogen) atoms. The third-order valence-electron chi connectivity index (χ3n) is 5.90. The number of hydrogen-bond donors (Lipinski definition) is 2. The maximum atomic E-state index is 13.4. The number of rotatable bonds is 5. The number of aromatic hydroxyl groups is 1. The summed E-state index contributed by atoms with van der Waals surface area (Å²) in [4.78, 5) is 36.3. The molecule has 9 nitrogen and oxygen atoms in total. The zero-order valence-corrected chi connectivity index (χ0v) is 17.9. The fraction of sp³-hybridized carbons (Fsp3) is 0.304. The number of pyridine rings is 2. The highest BCUT2D eigenvalue weighted by atomic mass is 19.1. The SMILES string of the molecule is CNC(=O)c1c(O)c2ncc(Cc3ccc(F)cc3)c3c2n(c1=O)C[C@H](CN1C=NCC1)O3. The fourth-order valence-corrected chi connectivity index (χ4v) is 4.30. The smallest absolute Gasteiger partial charge is 0.268 e. The lowest BCUT2D eigenvalue weighted by molar-refractivity contribution is 0.0956. The number of carbonyl (C=O) groups is 1. The predicted octanol–water partition coefficient (Wildman–Crippen LogP) is 1.30. The Kier molecular flexibility index (Phi) is 5.20. The van der Waals surface area contributed by atoms with Gasteiger partial charge in [-0.3, -0.25) is 24.1 Å². The molecule has 170 valence electrons. The fourth-order valence-electron chi connectivity index (χ4n) is 4.30. The van der Waals surface area contributed by atoms with Gasteiger partial charge in [-0.2, -0.15) is 0 Å². The van der Waals surface area contributed by atoms with E-state index in [0.717, 1.165) is 12.1 Å². The molecule has 2 N–H and O–H groups in total. The molecule has 1 amide bonds. The van der Waals surface area contributed by atoms with E-state index in [-0.39, 0.29) is 29.5 Å². The second kappa shape index (κ2) is 8.19. The molecule has 0 saturated heterocycles. The molecule has 2 aromatic heterocycles. The number of ether oxygens (including phenoxy) is 1. The van der Waals surface area contributed by atoms with Gasteiger partial charge >= 0.3 is 0 Å². The van der Waals surface area contributed by atoms with Gasteiger partial charge in [0.1, 0.15) is 28.5 Å². The zero-order valence-electron chi connectivity index (χ0n) is 17.9.